The highest BCUT2D eigenvalue weighted by Gasteiger charge is 2.45. The zero-order valence-electron chi connectivity index (χ0n) is 16.7. The van der Waals surface area contributed by atoms with Crippen molar-refractivity contribution in [1.82, 2.24) is 10.2 Å². The first-order valence-electron chi connectivity index (χ1n) is 10.5. The van der Waals surface area contributed by atoms with Gasteiger partial charge in [-0.2, -0.15) is 0 Å². The zero-order chi connectivity index (χ0) is 20.8. The highest BCUT2D eigenvalue weighted by Crippen LogP contribution is 2.38. The average Bonchev–Trinajstić information content (AvgIpc) is 2.95. The van der Waals surface area contributed by atoms with Crippen LogP contribution in [0.1, 0.15) is 73.5 Å². The Morgan fingerprint density at radius 1 is 1.10 bits per heavy atom. The van der Waals surface area contributed by atoms with Crippen molar-refractivity contribution in [2.24, 2.45) is 5.73 Å². The van der Waals surface area contributed by atoms with E-state index < -0.39 is 18.2 Å². The molecular formula is C21H30N4O4. The van der Waals surface area contributed by atoms with Gasteiger partial charge in [-0.3, -0.25) is 24.6 Å². The number of benzene rings is 1. The predicted octanol–water partition coefficient (Wildman–Crippen LogP) is 1.65. The van der Waals surface area contributed by atoms with Crippen molar-refractivity contribution in [3.8, 4) is 0 Å². The fourth-order valence-electron chi connectivity index (χ4n) is 4.02. The van der Waals surface area contributed by atoms with Crippen molar-refractivity contribution >= 4 is 23.4 Å². The third kappa shape index (κ3) is 4.76. The van der Waals surface area contributed by atoms with E-state index in [1.807, 2.05) is 6.07 Å². The van der Waals surface area contributed by atoms with Crippen LogP contribution < -0.4 is 16.4 Å². The summed E-state index contributed by atoms with van der Waals surface area (Å²) in [5.74, 6) is -1.27. The van der Waals surface area contributed by atoms with Crippen LogP contribution in [0.15, 0.2) is 18.2 Å². The summed E-state index contributed by atoms with van der Waals surface area (Å²) in [4.78, 5) is 37.8. The number of amides is 3. The van der Waals surface area contributed by atoms with Gasteiger partial charge in [-0.25, -0.2) is 0 Å². The zero-order valence-corrected chi connectivity index (χ0v) is 16.7. The molecule has 2 aliphatic rings. The Bertz CT molecular complexity index is 767. The maximum absolute atomic E-state index is 13.0. The van der Waals surface area contributed by atoms with Gasteiger partial charge in [0.1, 0.15) is 6.04 Å². The summed E-state index contributed by atoms with van der Waals surface area (Å²) in [7, 11) is 0. The summed E-state index contributed by atoms with van der Waals surface area (Å²) in [5.41, 5.74) is 7.07. The molecule has 1 fully saturated rings. The van der Waals surface area contributed by atoms with E-state index in [1.165, 1.54) is 17.7 Å². The lowest BCUT2D eigenvalue weighted by Gasteiger charge is -2.31. The van der Waals surface area contributed by atoms with Crippen molar-refractivity contribution in [2.45, 2.75) is 63.6 Å². The van der Waals surface area contributed by atoms with Crippen molar-refractivity contribution in [3.05, 3.63) is 29.3 Å². The van der Waals surface area contributed by atoms with Crippen molar-refractivity contribution in [2.75, 3.05) is 18.4 Å². The van der Waals surface area contributed by atoms with E-state index in [4.69, 9.17) is 5.73 Å². The highest BCUT2D eigenvalue weighted by atomic mass is 16.3. The minimum absolute atomic E-state index is 0.152. The van der Waals surface area contributed by atoms with Crippen molar-refractivity contribution in [1.29, 1.82) is 0 Å². The van der Waals surface area contributed by atoms with Crippen LogP contribution in [0.4, 0.5) is 5.69 Å². The molecule has 0 aromatic heterocycles. The molecule has 2 unspecified atom stereocenters. The van der Waals surface area contributed by atoms with Crippen LogP contribution in [-0.4, -0.2) is 46.9 Å². The topological polar surface area (TPSA) is 125 Å². The SMILES string of the molecule is NCCCCCCCCNc1cccc2c1C(=O)N(C1CCC(=O)NC1=O)C2O. The number of unbranched alkanes of at least 4 members (excludes halogenated alkanes) is 5. The molecule has 0 saturated carbocycles. The maximum atomic E-state index is 13.0. The minimum atomic E-state index is -1.19. The molecule has 5 N–H and O–H groups in total. The van der Waals surface area contributed by atoms with E-state index in [0.29, 0.717) is 16.8 Å². The Labute approximate surface area is 170 Å². The van der Waals surface area contributed by atoms with E-state index in [2.05, 4.69) is 10.6 Å². The molecule has 1 aromatic rings. The molecule has 8 heteroatoms. The second-order valence-corrected chi connectivity index (χ2v) is 7.66. The smallest absolute Gasteiger partial charge is 0.259 e. The number of rotatable bonds is 10. The van der Waals surface area contributed by atoms with Gasteiger partial charge in [-0.1, -0.05) is 37.8 Å². The molecule has 2 heterocycles. The number of nitrogens with zero attached hydrogens (tertiary/aromatic N) is 1. The number of anilines is 1. The Kier molecular flexibility index (Phi) is 7.22. The molecule has 0 radical (unpaired) electrons. The second-order valence-electron chi connectivity index (χ2n) is 7.66. The number of piperidine rings is 1. The second kappa shape index (κ2) is 9.84. The van der Waals surface area contributed by atoms with Crippen LogP contribution in [0.2, 0.25) is 0 Å². The summed E-state index contributed by atoms with van der Waals surface area (Å²) in [6.07, 6.45) is 5.85. The number of nitrogens with two attached hydrogens (primary N) is 1. The third-order valence-electron chi connectivity index (χ3n) is 5.58. The molecule has 0 bridgehead atoms. The number of nitrogens with one attached hydrogen (secondary N) is 2. The quantitative estimate of drug-likeness (QED) is 0.348. The van der Waals surface area contributed by atoms with Gasteiger partial charge in [-0.05, 0) is 31.9 Å². The van der Waals surface area contributed by atoms with Gasteiger partial charge in [0.15, 0.2) is 6.23 Å². The summed E-state index contributed by atoms with van der Waals surface area (Å²) in [5, 5.41) is 16.2. The minimum Gasteiger partial charge on any atom is -0.384 e. The van der Waals surface area contributed by atoms with Gasteiger partial charge in [0.05, 0.1) is 5.56 Å². The van der Waals surface area contributed by atoms with E-state index in [-0.39, 0.29) is 24.7 Å². The first kappa shape index (κ1) is 21.3. The van der Waals surface area contributed by atoms with Crippen LogP contribution in [0.25, 0.3) is 0 Å². The molecule has 1 aromatic carbocycles. The number of fused-ring (bicyclic) bond motifs is 1. The largest absolute Gasteiger partial charge is 0.384 e. The van der Waals surface area contributed by atoms with Gasteiger partial charge >= 0.3 is 0 Å². The van der Waals surface area contributed by atoms with E-state index in [1.54, 1.807) is 12.1 Å². The fraction of sp³-hybridized carbons (Fsp3) is 0.571. The Hall–Kier alpha value is -2.45. The van der Waals surface area contributed by atoms with Crippen LogP contribution >= 0.6 is 0 Å². The number of carbonyl (C=O) groups excluding carboxylic acids is 3. The Morgan fingerprint density at radius 3 is 2.55 bits per heavy atom. The molecule has 3 amide bonds. The first-order valence-corrected chi connectivity index (χ1v) is 10.5. The fourth-order valence-corrected chi connectivity index (χ4v) is 4.02. The molecule has 2 atom stereocenters. The van der Waals surface area contributed by atoms with E-state index in [9.17, 15) is 19.5 Å². The van der Waals surface area contributed by atoms with Crippen LogP contribution in [-0.2, 0) is 9.59 Å². The number of hydrogen-bond acceptors (Lipinski definition) is 6. The van der Waals surface area contributed by atoms with E-state index in [0.717, 1.165) is 38.8 Å². The van der Waals surface area contributed by atoms with Crippen LogP contribution in [0.3, 0.4) is 0 Å². The molecular weight excluding hydrogens is 372 g/mol. The Morgan fingerprint density at radius 2 is 1.83 bits per heavy atom. The van der Waals surface area contributed by atoms with Crippen LogP contribution in [0, 0.1) is 0 Å². The molecule has 158 valence electrons. The molecule has 0 spiro atoms. The molecule has 3 rings (SSSR count). The number of aliphatic hydroxyl groups is 1. The third-order valence-corrected chi connectivity index (χ3v) is 5.58. The lowest BCUT2D eigenvalue weighted by molar-refractivity contribution is -0.139. The average molecular weight is 402 g/mol. The van der Waals surface area contributed by atoms with E-state index >= 15 is 0 Å². The molecule has 1 saturated heterocycles. The number of carbonyl (C=O) groups is 3. The number of hydrogen-bond donors (Lipinski definition) is 4. The summed E-state index contributed by atoms with van der Waals surface area (Å²) in [6, 6.07) is 4.47. The maximum Gasteiger partial charge on any atom is 0.259 e. The van der Waals surface area contributed by atoms with Gasteiger partial charge in [0.2, 0.25) is 11.8 Å². The molecule has 29 heavy (non-hydrogen) atoms. The van der Waals surface area contributed by atoms with Gasteiger partial charge in [0, 0.05) is 24.2 Å². The predicted molar refractivity (Wildman–Crippen MR) is 109 cm³/mol. The van der Waals surface area contributed by atoms with Crippen molar-refractivity contribution < 1.29 is 19.5 Å². The van der Waals surface area contributed by atoms with Gasteiger partial charge < -0.3 is 16.2 Å². The standard InChI is InChI=1S/C21H30N4O4/c22-12-5-3-1-2-4-6-13-23-15-9-7-8-14-18(15)21(29)25(20(14)28)16-10-11-17(26)24-19(16)27/h7-9,16,20,23,28H,1-6,10-13,22H2,(H,24,26,27). The lowest BCUT2D eigenvalue weighted by atomic mass is 10.0. The summed E-state index contributed by atoms with van der Waals surface area (Å²) in [6.45, 7) is 1.48. The van der Waals surface area contributed by atoms with Crippen LogP contribution in [0.5, 0.6) is 0 Å². The molecule has 2 aliphatic heterocycles. The normalized spacial score (nSPS) is 21.3. The van der Waals surface area contributed by atoms with Crippen molar-refractivity contribution in [3.63, 3.8) is 0 Å². The monoisotopic (exact) mass is 402 g/mol. The highest BCUT2D eigenvalue weighted by molar-refractivity contribution is 6.08. The first-order chi connectivity index (χ1) is 14.0. The number of aliphatic hydroxyl groups excluding tert-OH is 1. The lowest BCUT2D eigenvalue weighted by Crippen LogP contribution is -2.53. The summed E-state index contributed by atoms with van der Waals surface area (Å²) < 4.78 is 0. The number of imide groups is 1. The molecule has 8 nitrogen and oxygen atoms in total. The van der Waals surface area contributed by atoms with Gasteiger partial charge in [0.25, 0.3) is 5.91 Å². The summed E-state index contributed by atoms with van der Waals surface area (Å²) >= 11 is 0. The Balaban J connectivity index is 1.60. The van der Waals surface area contributed by atoms with Gasteiger partial charge in [-0.15, -0.1) is 0 Å². The molecule has 0 aliphatic carbocycles.